The maximum absolute atomic E-state index is 11.9. The van der Waals surface area contributed by atoms with Crippen molar-refractivity contribution in [1.82, 2.24) is 25.3 Å². The van der Waals surface area contributed by atoms with Gasteiger partial charge in [-0.3, -0.25) is 9.59 Å². The van der Waals surface area contributed by atoms with Crippen LogP contribution in [0, 0.1) is 0 Å². The summed E-state index contributed by atoms with van der Waals surface area (Å²) in [5, 5.41) is 9.83. The van der Waals surface area contributed by atoms with Crippen LogP contribution in [0.4, 0.5) is 0 Å². The molecule has 2 rings (SSSR count). The molecule has 134 valence electrons. The van der Waals surface area contributed by atoms with Gasteiger partial charge in [0.05, 0.1) is 18.4 Å². The van der Waals surface area contributed by atoms with Gasteiger partial charge in [-0.15, -0.1) is 5.10 Å². The number of hydrogen-bond donors (Lipinski definition) is 2. The first-order valence-electron chi connectivity index (χ1n) is 7.48. The second-order valence-electron chi connectivity index (χ2n) is 5.48. The summed E-state index contributed by atoms with van der Waals surface area (Å²) in [7, 11) is 1.30. The van der Waals surface area contributed by atoms with Crippen molar-refractivity contribution >= 4 is 34.7 Å². The van der Waals surface area contributed by atoms with E-state index in [0.29, 0.717) is 23.8 Å². The monoisotopic (exact) mass is 366 g/mol. The van der Waals surface area contributed by atoms with Crippen molar-refractivity contribution in [2.75, 3.05) is 25.6 Å². The maximum Gasteiger partial charge on any atom is 0.444 e. The molecule has 1 aliphatic heterocycles. The minimum Gasteiger partial charge on any atom is -0.372 e. The molecule has 25 heavy (non-hydrogen) atoms. The van der Waals surface area contributed by atoms with Crippen LogP contribution in [0.5, 0.6) is 0 Å². The van der Waals surface area contributed by atoms with Gasteiger partial charge in [0.25, 0.3) is 0 Å². The number of morpholine rings is 1. The zero-order chi connectivity index (χ0) is 18.6. The summed E-state index contributed by atoms with van der Waals surface area (Å²) in [5.41, 5.74) is 10.7. The summed E-state index contributed by atoms with van der Waals surface area (Å²) >= 11 is 5.42. The third-order valence-electron chi connectivity index (χ3n) is 3.39. The fourth-order valence-electron chi connectivity index (χ4n) is 2.39. The number of carbonyl (C=O) groups excluding carboxylic acids is 2. The Balaban J connectivity index is 2.07. The Morgan fingerprint density at radius 2 is 2.00 bits per heavy atom. The molecule has 11 nitrogen and oxygen atoms in total. The molecule has 2 unspecified atom stereocenters. The number of thiocarbonyl (C=S) groups is 1. The van der Waals surface area contributed by atoms with E-state index in [1.807, 2.05) is 18.7 Å². The van der Waals surface area contributed by atoms with E-state index in [-0.39, 0.29) is 12.2 Å². The Hall–Kier alpha value is -2.69. The van der Waals surface area contributed by atoms with Crippen LogP contribution < -0.4 is 10.7 Å². The molecule has 2 heterocycles. The molecule has 2 amide bonds. The molecule has 1 aliphatic rings. The Morgan fingerprint density at radius 3 is 2.56 bits per heavy atom. The summed E-state index contributed by atoms with van der Waals surface area (Å²) in [4.78, 5) is 29.4. The van der Waals surface area contributed by atoms with Crippen LogP contribution >= 0.6 is 12.2 Å². The lowest BCUT2D eigenvalue weighted by Crippen LogP contribution is -2.48. The highest BCUT2D eigenvalue weighted by molar-refractivity contribution is 7.80. The highest BCUT2D eigenvalue weighted by Crippen LogP contribution is 2.13. The second kappa shape index (κ2) is 7.92. The van der Waals surface area contributed by atoms with Crippen molar-refractivity contribution in [2.45, 2.75) is 26.1 Å². The van der Waals surface area contributed by atoms with Crippen LogP contribution in [0.25, 0.3) is 5.53 Å². The quantitative estimate of drug-likeness (QED) is 0.219. The third-order valence-corrected chi connectivity index (χ3v) is 3.86. The van der Waals surface area contributed by atoms with Gasteiger partial charge in [0.1, 0.15) is 10.7 Å². The SMILES string of the molecule is CNC(=O)C(=[N+]=[N-])C(=O)Nn1cc(C(=S)N2CC(C)OC(C)C2)nn1. The first-order valence-corrected chi connectivity index (χ1v) is 7.89. The second-order valence-corrected chi connectivity index (χ2v) is 5.87. The molecule has 0 saturated carbocycles. The zero-order valence-corrected chi connectivity index (χ0v) is 14.8. The third kappa shape index (κ3) is 4.44. The number of aromatic nitrogens is 3. The molecule has 1 saturated heterocycles. The van der Waals surface area contributed by atoms with Gasteiger partial charge in [-0.1, -0.05) is 12.2 Å². The van der Waals surface area contributed by atoms with Crippen molar-refractivity contribution in [1.29, 1.82) is 0 Å². The Kier molecular flexibility index (Phi) is 5.91. The van der Waals surface area contributed by atoms with Crippen molar-refractivity contribution in [3.8, 4) is 0 Å². The van der Waals surface area contributed by atoms with Crippen LogP contribution in [0.2, 0.25) is 0 Å². The van der Waals surface area contributed by atoms with Gasteiger partial charge in [-0.2, -0.15) is 9.58 Å². The zero-order valence-electron chi connectivity index (χ0n) is 14.0. The van der Waals surface area contributed by atoms with Crippen molar-refractivity contribution in [3.63, 3.8) is 0 Å². The van der Waals surface area contributed by atoms with Crippen molar-refractivity contribution in [2.24, 2.45) is 0 Å². The van der Waals surface area contributed by atoms with Gasteiger partial charge in [-0.25, -0.2) is 5.43 Å². The fraction of sp³-hybridized carbons (Fsp3) is 0.538. The first-order chi connectivity index (χ1) is 11.8. The minimum atomic E-state index is -0.946. The number of nitrogens with one attached hydrogen (secondary N) is 2. The molecule has 0 spiro atoms. The molecule has 0 aromatic carbocycles. The topological polar surface area (TPSA) is 138 Å². The molecular formula is C13H18N8O3S. The molecule has 2 atom stereocenters. The van der Waals surface area contributed by atoms with Gasteiger partial charge in [0.2, 0.25) is 0 Å². The Labute approximate surface area is 148 Å². The predicted molar refractivity (Wildman–Crippen MR) is 90.4 cm³/mol. The summed E-state index contributed by atoms with van der Waals surface area (Å²) < 4.78 is 5.66. The molecular weight excluding hydrogens is 348 g/mol. The first kappa shape index (κ1) is 18.6. The summed E-state index contributed by atoms with van der Waals surface area (Å²) in [6.07, 6.45) is 1.48. The average molecular weight is 366 g/mol. The molecule has 0 radical (unpaired) electrons. The number of nitrogens with zero attached hydrogens (tertiary/aromatic N) is 6. The number of rotatable bonds is 4. The van der Waals surface area contributed by atoms with Gasteiger partial charge in [-0.05, 0) is 19.1 Å². The van der Waals surface area contributed by atoms with Gasteiger partial charge >= 0.3 is 17.5 Å². The van der Waals surface area contributed by atoms with E-state index >= 15 is 0 Å². The number of carbonyl (C=O) groups is 2. The lowest BCUT2D eigenvalue weighted by molar-refractivity contribution is -0.124. The van der Waals surface area contributed by atoms with Crippen LogP contribution in [0.1, 0.15) is 19.5 Å². The summed E-state index contributed by atoms with van der Waals surface area (Å²) in [5.74, 6) is -1.79. The van der Waals surface area contributed by atoms with Gasteiger partial charge in [0.15, 0.2) is 0 Å². The standard InChI is InChI=1S/C13H18N8O3S/c1-7-4-20(5-8(2)24-7)13(25)9-6-21(19-17-9)18-12(23)10(16-14)11(22)15-3/h6-8H,4-5H2,1-3H3,(H,15,22)(H,18,23). The molecule has 1 fully saturated rings. The van der Waals surface area contributed by atoms with Crippen LogP contribution in [-0.2, 0) is 14.3 Å². The predicted octanol–water partition coefficient (Wildman–Crippen LogP) is -1.45. The summed E-state index contributed by atoms with van der Waals surface area (Å²) in [6, 6.07) is 0. The molecule has 2 N–H and O–H groups in total. The van der Waals surface area contributed by atoms with E-state index in [4.69, 9.17) is 22.5 Å². The number of amides is 2. The molecule has 1 aromatic heterocycles. The van der Waals surface area contributed by atoms with E-state index in [1.165, 1.54) is 13.2 Å². The highest BCUT2D eigenvalue weighted by Gasteiger charge is 2.30. The maximum atomic E-state index is 11.9. The number of hydrogen-bond acceptors (Lipinski definition) is 6. The van der Waals surface area contributed by atoms with Gasteiger partial charge in [0, 0.05) is 20.1 Å². The van der Waals surface area contributed by atoms with E-state index in [9.17, 15) is 9.59 Å². The minimum absolute atomic E-state index is 0.0346. The van der Waals surface area contributed by atoms with Gasteiger partial charge < -0.3 is 20.5 Å². The lowest BCUT2D eigenvalue weighted by Gasteiger charge is -2.36. The fourth-order valence-corrected chi connectivity index (χ4v) is 2.63. The van der Waals surface area contributed by atoms with E-state index < -0.39 is 17.5 Å². The number of ether oxygens (including phenoxy) is 1. The average Bonchev–Trinajstić information content (AvgIpc) is 3.02. The molecule has 0 aliphatic carbocycles. The largest absolute Gasteiger partial charge is 0.444 e. The van der Waals surface area contributed by atoms with Crippen LogP contribution in [-0.4, -0.2) is 79.7 Å². The van der Waals surface area contributed by atoms with E-state index in [0.717, 1.165) is 4.79 Å². The Morgan fingerprint density at radius 1 is 1.36 bits per heavy atom. The lowest BCUT2D eigenvalue weighted by atomic mass is 10.2. The Bertz CT molecular complexity index is 731. The smallest absolute Gasteiger partial charge is 0.372 e. The molecule has 12 heteroatoms. The van der Waals surface area contributed by atoms with Crippen LogP contribution in [0.15, 0.2) is 6.20 Å². The van der Waals surface area contributed by atoms with Crippen LogP contribution in [0.3, 0.4) is 0 Å². The highest BCUT2D eigenvalue weighted by atomic mass is 32.1. The normalized spacial score (nSPS) is 19.7. The van der Waals surface area contributed by atoms with Crippen molar-refractivity contribution < 1.29 is 19.1 Å². The van der Waals surface area contributed by atoms with Crippen molar-refractivity contribution in [3.05, 3.63) is 17.4 Å². The molecule has 1 aromatic rings. The summed E-state index contributed by atoms with van der Waals surface area (Å²) in [6.45, 7) is 5.16. The van der Waals surface area contributed by atoms with E-state index in [2.05, 4.69) is 25.8 Å². The van der Waals surface area contributed by atoms with E-state index in [1.54, 1.807) is 0 Å². The molecule has 0 bridgehead atoms.